The van der Waals surface area contributed by atoms with Gasteiger partial charge in [0.25, 0.3) is 10.0 Å². The van der Waals surface area contributed by atoms with Crippen molar-refractivity contribution in [2.24, 2.45) is 0 Å². The summed E-state index contributed by atoms with van der Waals surface area (Å²) < 4.78 is 33.7. The van der Waals surface area contributed by atoms with Crippen molar-refractivity contribution in [3.63, 3.8) is 0 Å². The molecule has 1 N–H and O–H groups in total. The maximum Gasteiger partial charge on any atom is 0.264 e. The van der Waals surface area contributed by atoms with Crippen LogP contribution in [0.15, 0.2) is 77.7 Å². The van der Waals surface area contributed by atoms with Gasteiger partial charge in [-0.05, 0) is 80.3 Å². The standard InChI is InChI=1S/C27H32N2O4S/c1-5-26(22-13-12-20(3)21(4)18-22)28-27(30)19-29(23-10-8-7-9-11-23)34(31,32)25-16-14-24(15-17-25)33-6-2/h7-18,26H,5-6,19H2,1-4H3,(H,28,30). The van der Waals surface area contributed by atoms with E-state index in [0.717, 1.165) is 15.4 Å². The Morgan fingerprint density at radius 2 is 1.62 bits per heavy atom. The molecule has 0 aromatic heterocycles. The summed E-state index contributed by atoms with van der Waals surface area (Å²) in [4.78, 5) is 13.2. The molecule has 0 spiro atoms. The number of benzene rings is 3. The van der Waals surface area contributed by atoms with Crippen LogP contribution in [0, 0.1) is 13.8 Å². The Morgan fingerprint density at radius 1 is 0.941 bits per heavy atom. The highest BCUT2D eigenvalue weighted by atomic mass is 32.2. The van der Waals surface area contributed by atoms with Crippen molar-refractivity contribution >= 4 is 21.6 Å². The second-order valence-electron chi connectivity index (χ2n) is 8.12. The van der Waals surface area contributed by atoms with Gasteiger partial charge in [-0.15, -0.1) is 0 Å². The number of amides is 1. The first-order valence-electron chi connectivity index (χ1n) is 11.4. The van der Waals surface area contributed by atoms with E-state index < -0.39 is 10.0 Å². The van der Waals surface area contributed by atoms with Crippen LogP contribution in [0.2, 0.25) is 0 Å². The zero-order valence-corrected chi connectivity index (χ0v) is 20.9. The monoisotopic (exact) mass is 480 g/mol. The third-order valence-electron chi connectivity index (χ3n) is 5.73. The van der Waals surface area contributed by atoms with Crippen molar-refractivity contribution in [1.82, 2.24) is 5.32 Å². The van der Waals surface area contributed by atoms with E-state index in [4.69, 9.17) is 4.74 Å². The lowest BCUT2D eigenvalue weighted by Gasteiger charge is -2.26. The molecule has 0 aliphatic heterocycles. The highest BCUT2D eigenvalue weighted by molar-refractivity contribution is 7.92. The Kier molecular flexibility index (Phi) is 8.34. The maximum absolute atomic E-state index is 13.6. The summed E-state index contributed by atoms with van der Waals surface area (Å²) in [7, 11) is -3.98. The highest BCUT2D eigenvalue weighted by Gasteiger charge is 2.28. The second-order valence-corrected chi connectivity index (χ2v) is 9.99. The lowest BCUT2D eigenvalue weighted by Crippen LogP contribution is -2.42. The summed E-state index contributed by atoms with van der Waals surface area (Å²) in [6.07, 6.45) is 0.686. The number of nitrogens with zero attached hydrogens (tertiary/aromatic N) is 1. The number of carbonyl (C=O) groups is 1. The van der Waals surface area contributed by atoms with E-state index in [1.54, 1.807) is 42.5 Å². The van der Waals surface area contributed by atoms with Crippen molar-refractivity contribution in [2.45, 2.75) is 45.1 Å². The van der Waals surface area contributed by atoms with Crippen LogP contribution in [0.4, 0.5) is 5.69 Å². The molecule has 7 heteroatoms. The van der Waals surface area contributed by atoms with Crippen LogP contribution in [-0.4, -0.2) is 27.5 Å². The van der Waals surface area contributed by atoms with Crippen LogP contribution < -0.4 is 14.4 Å². The number of ether oxygens (including phenoxy) is 1. The molecule has 6 nitrogen and oxygen atoms in total. The molecule has 34 heavy (non-hydrogen) atoms. The number of aryl methyl sites for hydroxylation is 2. The van der Waals surface area contributed by atoms with E-state index >= 15 is 0 Å². The molecular formula is C27H32N2O4S. The molecule has 1 atom stereocenters. The first-order valence-corrected chi connectivity index (χ1v) is 12.9. The van der Waals surface area contributed by atoms with Crippen molar-refractivity contribution in [3.8, 4) is 5.75 Å². The van der Waals surface area contributed by atoms with Crippen LogP contribution >= 0.6 is 0 Å². The quantitative estimate of drug-likeness (QED) is 0.435. The normalized spacial score (nSPS) is 12.1. The topological polar surface area (TPSA) is 75.7 Å². The van der Waals surface area contributed by atoms with Crippen molar-refractivity contribution in [2.75, 3.05) is 17.5 Å². The van der Waals surface area contributed by atoms with E-state index in [1.165, 1.54) is 17.7 Å². The molecule has 0 saturated carbocycles. The van der Waals surface area contributed by atoms with E-state index in [1.807, 2.05) is 39.8 Å². The Labute approximate surface area is 202 Å². The molecule has 180 valence electrons. The number of para-hydroxylation sites is 1. The number of sulfonamides is 1. The van der Waals surface area contributed by atoms with Gasteiger partial charge in [0, 0.05) is 0 Å². The molecule has 3 rings (SSSR count). The van der Waals surface area contributed by atoms with Crippen molar-refractivity contribution in [3.05, 3.63) is 89.5 Å². The molecule has 0 saturated heterocycles. The number of nitrogens with one attached hydrogen (secondary N) is 1. The van der Waals surface area contributed by atoms with Gasteiger partial charge in [0.1, 0.15) is 12.3 Å². The van der Waals surface area contributed by atoms with Crippen LogP contribution in [0.1, 0.15) is 43.0 Å². The highest BCUT2D eigenvalue weighted by Crippen LogP contribution is 2.26. The number of hydrogen-bond donors (Lipinski definition) is 1. The Hall–Kier alpha value is -3.32. The molecular weight excluding hydrogens is 448 g/mol. The van der Waals surface area contributed by atoms with Crippen LogP contribution in [0.3, 0.4) is 0 Å². The van der Waals surface area contributed by atoms with Crippen molar-refractivity contribution < 1.29 is 17.9 Å². The number of carbonyl (C=O) groups excluding carboxylic acids is 1. The summed E-state index contributed by atoms with van der Waals surface area (Å²) >= 11 is 0. The first-order chi connectivity index (χ1) is 16.3. The molecule has 0 aliphatic carbocycles. The smallest absolute Gasteiger partial charge is 0.264 e. The Balaban J connectivity index is 1.87. The van der Waals surface area contributed by atoms with E-state index in [9.17, 15) is 13.2 Å². The zero-order chi connectivity index (χ0) is 24.7. The first kappa shape index (κ1) is 25.3. The molecule has 0 heterocycles. The van der Waals surface area contributed by atoms with Crippen molar-refractivity contribution in [1.29, 1.82) is 0 Å². The minimum atomic E-state index is -3.98. The van der Waals surface area contributed by atoms with Gasteiger partial charge in [0.15, 0.2) is 0 Å². The fraction of sp³-hybridized carbons (Fsp3) is 0.296. The number of rotatable bonds is 10. The van der Waals surface area contributed by atoms with E-state index in [-0.39, 0.29) is 23.4 Å². The lowest BCUT2D eigenvalue weighted by molar-refractivity contribution is -0.120. The molecule has 3 aromatic carbocycles. The molecule has 0 bridgehead atoms. The Bertz CT molecular complexity index is 1210. The summed E-state index contributed by atoms with van der Waals surface area (Å²) in [5.41, 5.74) is 3.75. The van der Waals surface area contributed by atoms with Gasteiger partial charge in [-0.2, -0.15) is 0 Å². The largest absolute Gasteiger partial charge is 0.494 e. The fourth-order valence-corrected chi connectivity index (χ4v) is 5.10. The van der Waals surface area contributed by atoms with Crippen LogP contribution in [-0.2, 0) is 14.8 Å². The fourth-order valence-electron chi connectivity index (χ4n) is 3.68. The zero-order valence-electron chi connectivity index (χ0n) is 20.1. The molecule has 1 unspecified atom stereocenters. The summed E-state index contributed by atoms with van der Waals surface area (Å²) in [6.45, 7) is 8.09. The Morgan fingerprint density at radius 3 is 2.21 bits per heavy atom. The molecule has 0 aliphatic rings. The summed E-state index contributed by atoms with van der Waals surface area (Å²) in [6, 6.07) is 20.8. The average Bonchev–Trinajstić information content (AvgIpc) is 2.84. The molecule has 0 fully saturated rings. The predicted molar refractivity (Wildman–Crippen MR) is 136 cm³/mol. The minimum absolute atomic E-state index is 0.0915. The van der Waals surface area contributed by atoms with Gasteiger partial charge in [-0.1, -0.05) is 43.3 Å². The van der Waals surface area contributed by atoms with Gasteiger partial charge in [0.05, 0.1) is 23.2 Å². The number of hydrogen-bond acceptors (Lipinski definition) is 4. The SMILES string of the molecule is CCOc1ccc(S(=O)(=O)N(CC(=O)NC(CC)c2ccc(C)c(C)c2)c2ccccc2)cc1. The van der Waals surface area contributed by atoms with Gasteiger partial charge in [0.2, 0.25) is 5.91 Å². The van der Waals surface area contributed by atoms with E-state index in [2.05, 4.69) is 11.4 Å². The molecule has 1 amide bonds. The maximum atomic E-state index is 13.6. The summed E-state index contributed by atoms with van der Waals surface area (Å²) in [5.74, 6) is 0.216. The summed E-state index contributed by atoms with van der Waals surface area (Å²) in [5, 5.41) is 3.01. The minimum Gasteiger partial charge on any atom is -0.494 e. The predicted octanol–water partition coefficient (Wildman–Crippen LogP) is 5.16. The lowest BCUT2D eigenvalue weighted by atomic mass is 9.99. The molecule has 0 radical (unpaired) electrons. The number of anilines is 1. The van der Waals surface area contributed by atoms with Gasteiger partial charge < -0.3 is 10.1 Å². The van der Waals surface area contributed by atoms with Gasteiger partial charge >= 0.3 is 0 Å². The van der Waals surface area contributed by atoms with Gasteiger partial charge in [-0.25, -0.2) is 8.42 Å². The van der Waals surface area contributed by atoms with Crippen LogP contribution in [0.5, 0.6) is 5.75 Å². The van der Waals surface area contributed by atoms with Crippen LogP contribution in [0.25, 0.3) is 0 Å². The average molecular weight is 481 g/mol. The molecule has 3 aromatic rings. The second kappa shape index (κ2) is 11.2. The van der Waals surface area contributed by atoms with Gasteiger partial charge in [-0.3, -0.25) is 9.10 Å². The third-order valence-corrected chi connectivity index (χ3v) is 7.52. The third kappa shape index (κ3) is 5.97. The van der Waals surface area contributed by atoms with E-state index in [0.29, 0.717) is 24.5 Å².